The van der Waals surface area contributed by atoms with Gasteiger partial charge < -0.3 is 16.3 Å². The molecule has 0 fully saturated rings. The standard InChI is InChI=1S/C13H14ClN5O2/c1-7-5-11(19(2)17-7)13(20)16-10-6-8(12(15)18-21)3-4-9(10)14/h3-6,21H,1-2H3,(H2,15,18)(H,16,20). The highest BCUT2D eigenvalue weighted by molar-refractivity contribution is 6.34. The molecule has 0 aliphatic heterocycles. The maximum Gasteiger partial charge on any atom is 0.273 e. The predicted octanol–water partition coefficient (Wildman–Crippen LogP) is 1.73. The Hall–Kier alpha value is -2.54. The van der Waals surface area contributed by atoms with E-state index in [1.165, 1.54) is 10.7 Å². The van der Waals surface area contributed by atoms with Crippen molar-refractivity contribution in [2.45, 2.75) is 6.92 Å². The number of hydrogen-bond donors (Lipinski definition) is 3. The van der Waals surface area contributed by atoms with Gasteiger partial charge in [0.05, 0.1) is 16.4 Å². The summed E-state index contributed by atoms with van der Waals surface area (Å²) in [6, 6.07) is 6.33. The molecule has 0 saturated carbocycles. The van der Waals surface area contributed by atoms with E-state index < -0.39 is 0 Å². The van der Waals surface area contributed by atoms with Gasteiger partial charge in [0.1, 0.15) is 5.69 Å². The fourth-order valence-electron chi connectivity index (χ4n) is 1.85. The van der Waals surface area contributed by atoms with E-state index in [4.69, 9.17) is 22.5 Å². The van der Waals surface area contributed by atoms with Crippen LogP contribution in [0.2, 0.25) is 5.02 Å². The summed E-state index contributed by atoms with van der Waals surface area (Å²) >= 11 is 6.04. The van der Waals surface area contributed by atoms with Crippen LogP contribution in [-0.4, -0.2) is 26.7 Å². The first-order valence-electron chi connectivity index (χ1n) is 6.02. The molecule has 1 aromatic heterocycles. The molecule has 4 N–H and O–H groups in total. The van der Waals surface area contributed by atoms with Crippen molar-refractivity contribution in [3.8, 4) is 0 Å². The van der Waals surface area contributed by atoms with Gasteiger partial charge in [-0.05, 0) is 31.2 Å². The third kappa shape index (κ3) is 3.14. The van der Waals surface area contributed by atoms with Crippen LogP contribution in [-0.2, 0) is 7.05 Å². The lowest BCUT2D eigenvalue weighted by Crippen LogP contribution is -2.18. The van der Waals surface area contributed by atoms with Gasteiger partial charge in [-0.15, -0.1) is 0 Å². The lowest BCUT2D eigenvalue weighted by Gasteiger charge is -2.09. The van der Waals surface area contributed by atoms with E-state index in [1.807, 2.05) is 0 Å². The van der Waals surface area contributed by atoms with Crippen molar-refractivity contribution in [3.05, 3.63) is 46.2 Å². The number of nitrogens with two attached hydrogens (primary N) is 1. The van der Waals surface area contributed by atoms with Gasteiger partial charge in [0, 0.05) is 12.6 Å². The van der Waals surface area contributed by atoms with Gasteiger partial charge in [0.2, 0.25) is 0 Å². The normalized spacial score (nSPS) is 11.5. The number of halogens is 1. The lowest BCUT2D eigenvalue weighted by molar-refractivity contribution is 0.101. The molecule has 0 aliphatic carbocycles. The van der Waals surface area contributed by atoms with Gasteiger partial charge >= 0.3 is 0 Å². The SMILES string of the molecule is Cc1cc(C(=O)Nc2cc(/C(N)=N/O)ccc2Cl)n(C)n1. The highest BCUT2D eigenvalue weighted by atomic mass is 35.5. The first-order chi connectivity index (χ1) is 9.92. The molecule has 0 unspecified atom stereocenters. The van der Waals surface area contributed by atoms with Crippen LogP contribution in [0, 0.1) is 6.92 Å². The van der Waals surface area contributed by atoms with Crippen molar-refractivity contribution in [2.24, 2.45) is 17.9 Å². The van der Waals surface area contributed by atoms with Crippen molar-refractivity contribution in [1.29, 1.82) is 0 Å². The molecule has 1 amide bonds. The molecule has 110 valence electrons. The zero-order chi connectivity index (χ0) is 15.6. The number of anilines is 1. The molecule has 0 atom stereocenters. The minimum Gasteiger partial charge on any atom is -0.409 e. The Bertz CT molecular complexity index is 723. The zero-order valence-corrected chi connectivity index (χ0v) is 12.2. The highest BCUT2D eigenvalue weighted by Crippen LogP contribution is 2.23. The monoisotopic (exact) mass is 307 g/mol. The highest BCUT2D eigenvalue weighted by Gasteiger charge is 2.14. The molecule has 0 spiro atoms. The molecule has 0 saturated heterocycles. The molecule has 1 heterocycles. The minimum atomic E-state index is -0.350. The number of aromatic nitrogens is 2. The Balaban J connectivity index is 2.31. The topological polar surface area (TPSA) is 106 Å². The zero-order valence-electron chi connectivity index (χ0n) is 11.5. The van der Waals surface area contributed by atoms with Gasteiger partial charge in [-0.25, -0.2) is 0 Å². The number of nitrogens with one attached hydrogen (secondary N) is 1. The average Bonchev–Trinajstić information content (AvgIpc) is 2.79. The second kappa shape index (κ2) is 5.84. The summed E-state index contributed by atoms with van der Waals surface area (Å²) in [5.74, 6) is -0.421. The minimum absolute atomic E-state index is 0.0708. The summed E-state index contributed by atoms with van der Waals surface area (Å²) in [6.45, 7) is 1.79. The Morgan fingerprint density at radius 3 is 2.76 bits per heavy atom. The number of carbonyl (C=O) groups is 1. The summed E-state index contributed by atoms with van der Waals surface area (Å²) < 4.78 is 1.48. The molecular formula is C13H14ClN5O2. The van der Waals surface area contributed by atoms with E-state index in [-0.39, 0.29) is 11.7 Å². The van der Waals surface area contributed by atoms with Crippen LogP contribution in [0.3, 0.4) is 0 Å². The summed E-state index contributed by atoms with van der Waals surface area (Å²) in [6.07, 6.45) is 0. The summed E-state index contributed by atoms with van der Waals surface area (Å²) in [7, 11) is 1.68. The van der Waals surface area contributed by atoms with E-state index in [2.05, 4.69) is 15.6 Å². The lowest BCUT2D eigenvalue weighted by atomic mass is 10.2. The van der Waals surface area contributed by atoms with Crippen molar-refractivity contribution in [1.82, 2.24) is 9.78 Å². The number of oxime groups is 1. The molecule has 1 aromatic carbocycles. The van der Waals surface area contributed by atoms with Crippen LogP contribution in [0.15, 0.2) is 29.4 Å². The van der Waals surface area contributed by atoms with Gasteiger partial charge in [0.25, 0.3) is 5.91 Å². The summed E-state index contributed by atoms with van der Waals surface area (Å²) in [5, 5.41) is 18.7. The van der Waals surface area contributed by atoms with Crippen LogP contribution in [0.4, 0.5) is 5.69 Å². The third-order valence-electron chi connectivity index (χ3n) is 2.85. The molecule has 7 nitrogen and oxygen atoms in total. The third-order valence-corrected chi connectivity index (χ3v) is 3.18. The van der Waals surface area contributed by atoms with Crippen LogP contribution in [0.1, 0.15) is 21.7 Å². The second-order valence-corrected chi connectivity index (χ2v) is 4.84. The Morgan fingerprint density at radius 1 is 1.48 bits per heavy atom. The molecule has 0 bridgehead atoms. The van der Waals surface area contributed by atoms with E-state index in [9.17, 15) is 4.79 Å². The molecule has 0 aliphatic rings. The predicted molar refractivity (Wildman–Crippen MR) is 79.9 cm³/mol. The Kier molecular flexibility index (Phi) is 4.13. The van der Waals surface area contributed by atoms with Gasteiger partial charge in [-0.3, -0.25) is 9.48 Å². The molecule has 0 radical (unpaired) electrons. The molecule has 2 rings (SSSR count). The quantitative estimate of drug-likeness (QED) is 0.347. The number of nitrogens with zero attached hydrogens (tertiary/aromatic N) is 3. The van der Waals surface area contributed by atoms with Crippen LogP contribution < -0.4 is 11.1 Å². The molecule has 2 aromatic rings. The van der Waals surface area contributed by atoms with E-state index in [0.29, 0.717) is 22.0 Å². The van der Waals surface area contributed by atoms with Crippen molar-refractivity contribution >= 4 is 29.0 Å². The summed E-state index contributed by atoms with van der Waals surface area (Å²) in [4.78, 5) is 12.2. The first-order valence-corrected chi connectivity index (χ1v) is 6.39. The van der Waals surface area contributed by atoms with Crippen LogP contribution >= 0.6 is 11.6 Å². The number of amides is 1. The van der Waals surface area contributed by atoms with Crippen LogP contribution in [0.5, 0.6) is 0 Å². The fraction of sp³-hybridized carbons (Fsp3) is 0.154. The van der Waals surface area contributed by atoms with Crippen LogP contribution in [0.25, 0.3) is 0 Å². The van der Waals surface area contributed by atoms with Crippen molar-refractivity contribution < 1.29 is 10.0 Å². The van der Waals surface area contributed by atoms with E-state index >= 15 is 0 Å². The maximum atomic E-state index is 12.2. The molecule has 21 heavy (non-hydrogen) atoms. The van der Waals surface area contributed by atoms with Gasteiger partial charge in [-0.2, -0.15) is 5.10 Å². The second-order valence-electron chi connectivity index (χ2n) is 4.43. The van der Waals surface area contributed by atoms with E-state index in [1.54, 1.807) is 32.2 Å². The number of benzene rings is 1. The number of aryl methyl sites for hydroxylation is 2. The van der Waals surface area contributed by atoms with Crippen molar-refractivity contribution in [2.75, 3.05) is 5.32 Å². The summed E-state index contributed by atoms with van der Waals surface area (Å²) in [5.41, 5.74) is 7.46. The molecule has 8 heteroatoms. The number of hydrogen-bond acceptors (Lipinski definition) is 4. The van der Waals surface area contributed by atoms with Gasteiger partial charge in [-0.1, -0.05) is 16.8 Å². The van der Waals surface area contributed by atoms with Crippen molar-refractivity contribution in [3.63, 3.8) is 0 Å². The largest absolute Gasteiger partial charge is 0.409 e. The average molecular weight is 308 g/mol. The smallest absolute Gasteiger partial charge is 0.273 e. The van der Waals surface area contributed by atoms with Gasteiger partial charge in [0.15, 0.2) is 5.84 Å². The number of rotatable bonds is 3. The number of carbonyl (C=O) groups excluding carboxylic acids is 1. The number of amidine groups is 1. The molecular weight excluding hydrogens is 294 g/mol. The fourth-order valence-corrected chi connectivity index (χ4v) is 2.01. The Morgan fingerprint density at radius 2 is 2.19 bits per heavy atom. The van der Waals surface area contributed by atoms with E-state index in [0.717, 1.165) is 5.69 Å². The maximum absolute atomic E-state index is 12.2. The Labute approximate surface area is 126 Å². The first kappa shape index (κ1) is 14.9.